The van der Waals surface area contributed by atoms with Crippen LogP contribution in [-0.4, -0.2) is 25.0 Å². The summed E-state index contributed by atoms with van der Waals surface area (Å²) in [4.78, 5) is 13.0. The molecular formula is C18H20N2O4S2. The number of anilines is 1. The largest absolute Gasteiger partial charge is 0.465 e. The molecule has 3 rings (SSSR count). The summed E-state index contributed by atoms with van der Waals surface area (Å²) in [7, 11) is 1.37. The Labute approximate surface area is 161 Å². The highest BCUT2D eigenvalue weighted by atomic mass is 32.1. The molecule has 2 N–H and O–H groups in total. The van der Waals surface area contributed by atoms with Crippen molar-refractivity contribution in [1.82, 2.24) is 5.32 Å². The van der Waals surface area contributed by atoms with Crippen molar-refractivity contribution in [3.05, 3.63) is 40.3 Å². The van der Waals surface area contributed by atoms with Crippen molar-refractivity contribution in [1.29, 1.82) is 0 Å². The van der Waals surface area contributed by atoms with Crippen LogP contribution in [0.2, 0.25) is 0 Å². The number of nitrogens with one attached hydrogen (secondary N) is 2. The smallest absolute Gasteiger partial charge is 0.340 e. The normalized spacial score (nSPS) is 13.2. The Balaban J connectivity index is 1.69. The van der Waals surface area contributed by atoms with E-state index in [0.717, 1.165) is 28.4 Å². The van der Waals surface area contributed by atoms with Crippen molar-refractivity contribution >= 4 is 39.6 Å². The fraction of sp³-hybridized carbons (Fsp3) is 0.333. The second-order valence-corrected chi connectivity index (χ2v) is 7.28. The van der Waals surface area contributed by atoms with Gasteiger partial charge in [-0.2, -0.15) is 0 Å². The van der Waals surface area contributed by atoms with Gasteiger partial charge in [-0.05, 0) is 49.3 Å². The number of methoxy groups -OCH3 is 1. The number of fused-ring (bicyclic) bond motifs is 1. The zero-order chi connectivity index (χ0) is 18.7. The van der Waals surface area contributed by atoms with Crippen molar-refractivity contribution in [3.63, 3.8) is 0 Å². The maximum atomic E-state index is 12.0. The Morgan fingerprint density at radius 3 is 2.85 bits per heavy atom. The summed E-state index contributed by atoms with van der Waals surface area (Å²) in [6.45, 7) is 4.28. The van der Waals surface area contributed by atoms with Crippen LogP contribution < -0.4 is 20.1 Å². The highest BCUT2D eigenvalue weighted by Crippen LogP contribution is 2.34. The molecule has 138 valence electrons. The first-order valence-corrected chi connectivity index (χ1v) is 9.42. The Kier molecular flexibility index (Phi) is 5.63. The maximum absolute atomic E-state index is 12.0. The second-order valence-electron chi connectivity index (χ2n) is 5.73. The molecule has 1 unspecified atom stereocenters. The van der Waals surface area contributed by atoms with Gasteiger partial charge in [0.2, 0.25) is 6.79 Å². The van der Waals surface area contributed by atoms with Crippen LogP contribution in [0.1, 0.15) is 40.7 Å². The van der Waals surface area contributed by atoms with Crippen molar-refractivity contribution in [3.8, 4) is 11.5 Å². The first-order chi connectivity index (χ1) is 12.5. The molecule has 0 spiro atoms. The molecule has 0 aliphatic carbocycles. The molecule has 0 radical (unpaired) electrons. The van der Waals surface area contributed by atoms with E-state index in [2.05, 4.69) is 10.6 Å². The molecule has 2 heterocycles. The van der Waals surface area contributed by atoms with Gasteiger partial charge in [0.25, 0.3) is 0 Å². The quantitative estimate of drug-likeness (QED) is 0.591. The molecule has 1 atom stereocenters. The average molecular weight is 393 g/mol. The van der Waals surface area contributed by atoms with Gasteiger partial charge in [-0.25, -0.2) is 4.79 Å². The third kappa shape index (κ3) is 3.91. The summed E-state index contributed by atoms with van der Waals surface area (Å²) in [6.07, 6.45) is 0.837. The predicted octanol–water partition coefficient (Wildman–Crippen LogP) is 3.87. The van der Waals surface area contributed by atoms with Crippen LogP contribution in [0.15, 0.2) is 24.3 Å². The summed E-state index contributed by atoms with van der Waals surface area (Å²) < 4.78 is 15.6. The molecular weight excluding hydrogens is 372 g/mol. The second kappa shape index (κ2) is 7.92. The number of aryl methyl sites for hydroxylation is 1. The van der Waals surface area contributed by atoms with E-state index in [0.29, 0.717) is 15.7 Å². The standard InChI is InChI=1S/C18H20N2O4S2/c1-4-12-8-13(17(21)22-3)16(26-12)20-18(25)19-10(2)11-5-6-14-15(7-11)24-9-23-14/h5-8,10H,4,9H2,1-3H3,(H2,19,20,25). The highest BCUT2D eigenvalue weighted by molar-refractivity contribution is 7.80. The van der Waals surface area contributed by atoms with Gasteiger partial charge in [-0.3, -0.25) is 0 Å². The van der Waals surface area contributed by atoms with Gasteiger partial charge in [0.05, 0.1) is 18.7 Å². The van der Waals surface area contributed by atoms with E-state index in [4.69, 9.17) is 26.4 Å². The summed E-state index contributed by atoms with van der Waals surface area (Å²) in [5, 5.41) is 7.46. The molecule has 8 heteroatoms. The van der Waals surface area contributed by atoms with Crippen molar-refractivity contribution < 1.29 is 19.0 Å². The van der Waals surface area contributed by atoms with E-state index >= 15 is 0 Å². The Hall–Kier alpha value is -2.32. The van der Waals surface area contributed by atoms with Crippen LogP contribution in [0.25, 0.3) is 0 Å². The molecule has 0 bridgehead atoms. The van der Waals surface area contributed by atoms with E-state index < -0.39 is 0 Å². The number of rotatable bonds is 5. The van der Waals surface area contributed by atoms with Gasteiger partial charge in [-0.1, -0.05) is 13.0 Å². The number of thiophene rings is 1. The summed E-state index contributed by atoms with van der Waals surface area (Å²) in [6, 6.07) is 7.57. The van der Waals surface area contributed by atoms with Gasteiger partial charge < -0.3 is 24.8 Å². The number of benzene rings is 1. The molecule has 0 saturated heterocycles. The van der Waals surface area contributed by atoms with Crippen LogP contribution in [-0.2, 0) is 11.2 Å². The summed E-state index contributed by atoms with van der Waals surface area (Å²) in [5.41, 5.74) is 1.52. The lowest BCUT2D eigenvalue weighted by Crippen LogP contribution is -2.31. The van der Waals surface area contributed by atoms with Crippen LogP contribution in [0.4, 0.5) is 5.00 Å². The molecule has 26 heavy (non-hydrogen) atoms. The fourth-order valence-electron chi connectivity index (χ4n) is 2.57. The molecule has 0 saturated carbocycles. The third-order valence-electron chi connectivity index (χ3n) is 4.01. The Morgan fingerprint density at radius 1 is 1.35 bits per heavy atom. The van der Waals surface area contributed by atoms with Gasteiger partial charge in [-0.15, -0.1) is 11.3 Å². The van der Waals surface area contributed by atoms with Crippen molar-refractivity contribution in [2.24, 2.45) is 0 Å². The number of esters is 1. The van der Waals surface area contributed by atoms with E-state index in [1.165, 1.54) is 18.4 Å². The summed E-state index contributed by atoms with van der Waals surface area (Å²) in [5.74, 6) is 1.10. The Bertz CT molecular complexity index is 835. The van der Waals surface area contributed by atoms with E-state index in [9.17, 15) is 4.79 Å². The lowest BCUT2D eigenvalue weighted by atomic mass is 10.1. The van der Waals surface area contributed by atoms with Gasteiger partial charge in [0.15, 0.2) is 16.6 Å². The van der Waals surface area contributed by atoms with Crippen molar-refractivity contribution in [2.45, 2.75) is 26.3 Å². The van der Waals surface area contributed by atoms with E-state index in [-0.39, 0.29) is 18.8 Å². The highest BCUT2D eigenvalue weighted by Gasteiger charge is 2.19. The minimum atomic E-state index is -0.380. The maximum Gasteiger partial charge on any atom is 0.340 e. The van der Waals surface area contributed by atoms with E-state index in [1.807, 2.05) is 38.1 Å². The molecule has 6 nitrogen and oxygen atoms in total. The van der Waals surface area contributed by atoms with Gasteiger partial charge >= 0.3 is 5.97 Å². The molecule has 1 aromatic carbocycles. The lowest BCUT2D eigenvalue weighted by molar-refractivity contribution is 0.0602. The Morgan fingerprint density at radius 2 is 2.12 bits per heavy atom. The predicted molar refractivity (Wildman–Crippen MR) is 105 cm³/mol. The molecule has 0 fully saturated rings. The van der Waals surface area contributed by atoms with Crippen LogP contribution in [0.3, 0.4) is 0 Å². The topological polar surface area (TPSA) is 68.8 Å². The number of hydrogen-bond donors (Lipinski definition) is 2. The molecule has 0 amide bonds. The minimum absolute atomic E-state index is 0.0447. The van der Waals surface area contributed by atoms with E-state index in [1.54, 1.807) is 0 Å². The summed E-state index contributed by atoms with van der Waals surface area (Å²) >= 11 is 6.91. The molecule has 1 aliphatic heterocycles. The SMILES string of the molecule is CCc1cc(C(=O)OC)c(NC(=S)NC(C)c2ccc3c(c2)OCO3)s1. The van der Waals surface area contributed by atoms with Crippen LogP contribution >= 0.6 is 23.6 Å². The number of ether oxygens (including phenoxy) is 3. The lowest BCUT2D eigenvalue weighted by Gasteiger charge is -2.17. The van der Waals surface area contributed by atoms with Gasteiger partial charge in [0.1, 0.15) is 5.00 Å². The number of thiocarbonyl (C=S) groups is 1. The first-order valence-electron chi connectivity index (χ1n) is 8.20. The fourth-order valence-corrected chi connectivity index (χ4v) is 3.90. The average Bonchev–Trinajstić information content (AvgIpc) is 3.26. The monoisotopic (exact) mass is 392 g/mol. The van der Waals surface area contributed by atoms with Crippen molar-refractivity contribution in [2.75, 3.05) is 19.2 Å². The first kappa shape index (κ1) is 18.5. The zero-order valence-electron chi connectivity index (χ0n) is 14.8. The number of hydrogen-bond acceptors (Lipinski definition) is 6. The number of carbonyl (C=O) groups excluding carboxylic acids is 1. The molecule has 2 aromatic rings. The van der Waals surface area contributed by atoms with Crippen LogP contribution in [0, 0.1) is 0 Å². The van der Waals surface area contributed by atoms with Gasteiger partial charge in [0, 0.05) is 4.88 Å². The van der Waals surface area contributed by atoms with Crippen LogP contribution in [0.5, 0.6) is 11.5 Å². The third-order valence-corrected chi connectivity index (χ3v) is 5.42. The molecule has 1 aromatic heterocycles. The minimum Gasteiger partial charge on any atom is -0.465 e. The zero-order valence-corrected chi connectivity index (χ0v) is 16.4. The number of carbonyl (C=O) groups is 1. The molecule has 1 aliphatic rings.